The van der Waals surface area contributed by atoms with Crippen LogP contribution in [0, 0.1) is 11.8 Å². The number of nitrogens with one attached hydrogen (secondary N) is 1. The molecule has 0 saturated carbocycles. The molecule has 18 heavy (non-hydrogen) atoms. The fourth-order valence-electron chi connectivity index (χ4n) is 1.67. The first kappa shape index (κ1) is 14.5. The number of ketones is 1. The topological polar surface area (TPSA) is 51.1 Å². The van der Waals surface area contributed by atoms with Gasteiger partial charge in [0.15, 0.2) is 5.78 Å². The van der Waals surface area contributed by atoms with Gasteiger partial charge < -0.3 is 9.88 Å². The molecule has 4 nitrogen and oxygen atoms in total. The van der Waals surface area contributed by atoms with E-state index in [4.69, 9.17) is 0 Å². The Labute approximate surface area is 108 Å². The van der Waals surface area contributed by atoms with E-state index < -0.39 is 0 Å². The highest BCUT2D eigenvalue weighted by molar-refractivity contribution is 5.98. The van der Waals surface area contributed by atoms with E-state index in [0.29, 0.717) is 23.7 Å². The smallest absolute Gasteiger partial charge is 0.226 e. The van der Waals surface area contributed by atoms with Gasteiger partial charge in [0.25, 0.3) is 0 Å². The van der Waals surface area contributed by atoms with E-state index in [0.717, 1.165) is 0 Å². The van der Waals surface area contributed by atoms with Crippen LogP contribution < -0.4 is 5.32 Å². The number of aromatic nitrogens is 1. The second-order valence-corrected chi connectivity index (χ2v) is 5.39. The molecule has 0 aliphatic rings. The van der Waals surface area contributed by atoms with E-state index in [1.807, 2.05) is 34.7 Å². The summed E-state index contributed by atoms with van der Waals surface area (Å²) >= 11 is 0. The summed E-state index contributed by atoms with van der Waals surface area (Å²) in [6, 6.07) is 1.74. The lowest BCUT2D eigenvalue weighted by atomic mass is 10.1. The molecule has 1 rings (SSSR count). The predicted octanol–water partition coefficient (Wildman–Crippen LogP) is 2.85. The molecule has 4 heteroatoms. The molecule has 0 radical (unpaired) electrons. The summed E-state index contributed by atoms with van der Waals surface area (Å²) in [6.45, 7) is 7.71. The number of hydrogen-bond donors (Lipinski definition) is 1. The van der Waals surface area contributed by atoms with Crippen molar-refractivity contribution in [1.82, 2.24) is 4.57 Å². The van der Waals surface area contributed by atoms with Crippen molar-refractivity contribution in [3.05, 3.63) is 18.0 Å². The minimum Gasteiger partial charge on any atom is -0.346 e. The summed E-state index contributed by atoms with van der Waals surface area (Å²) < 4.78 is 1.76. The molecule has 100 valence electrons. The van der Waals surface area contributed by atoms with E-state index in [1.54, 1.807) is 16.8 Å². The van der Waals surface area contributed by atoms with Gasteiger partial charge >= 0.3 is 0 Å². The number of aryl methyl sites for hydroxylation is 1. The highest BCUT2D eigenvalue weighted by Gasteiger charge is 2.15. The standard InChI is InChI=1S/C14H22N2O2/c1-9(2)6-13(17)12-7-11(8-16(12)5)15-14(18)10(3)4/h7-10H,6H2,1-5H3,(H,15,18). The van der Waals surface area contributed by atoms with E-state index in [-0.39, 0.29) is 17.6 Å². The third kappa shape index (κ3) is 3.72. The number of anilines is 1. The average Bonchev–Trinajstić information content (AvgIpc) is 2.58. The maximum atomic E-state index is 12.0. The molecule has 0 unspecified atom stereocenters. The molecule has 1 amide bonds. The van der Waals surface area contributed by atoms with Crippen LogP contribution >= 0.6 is 0 Å². The lowest BCUT2D eigenvalue weighted by Gasteiger charge is -2.04. The van der Waals surface area contributed by atoms with Crippen molar-refractivity contribution in [3.63, 3.8) is 0 Å². The van der Waals surface area contributed by atoms with Gasteiger partial charge in [-0.05, 0) is 12.0 Å². The second-order valence-electron chi connectivity index (χ2n) is 5.39. The van der Waals surface area contributed by atoms with Crippen molar-refractivity contribution in [2.24, 2.45) is 18.9 Å². The van der Waals surface area contributed by atoms with Crippen LogP contribution in [-0.2, 0) is 11.8 Å². The summed E-state index contributed by atoms with van der Waals surface area (Å²) in [4.78, 5) is 23.6. The van der Waals surface area contributed by atoms with Gasteiger partial charge in [-0.3, -0.25) is 9.59 Å². The van der Waals surface area contributed by atoms with Crippen molar-refractivity contribution in [3.8, 4) is 0 Å². The van der Waals surface area contributed by atoms with Gasteiger partial charge in [0.1, 0.15) is 0 Å². The Bertz CT molecular complexity index is 445. The molecule has 0 aromatic carbocycles. The number of carbonyl (C=O) groups excluding carboxylic acids is 2. The zero-order valence-corrected chi connectivity index (χ0v) is 11.8. The number of Topliss-reactive ketones (excluding diaryl/α,β-unsaturated/α-hetero) is 1. The lowest BCUT2D eigenvalue weighted by Crippen LogP contribution is -2.17. The first-order chi connectivity index (χ1) is 8.31. The Morgan fingerprint density at radius 3 is 2.39 bits per heavy atom. The molecular formula is C14H22N2O2. The number of rotatable bonds is 5. The highest BCUT2D eigenvalue weighted by atomic mass is 16.2. The molecular weight excluding hydrogens is 228 g/mol. The van der Waals surface area contributed by atoms with Crippen molar-refractivity contribution in [2.75, 3.05) is 5.32 Å². The average molecular weight is 250 g/mol. The quantitative estimate of drug-likeness (QED) is 0.817. The van der Waals surface area contributed by atoms with E-state index in [1.165, 1.54) is 0 Å². The summed E-state index contributed by atoms with van der Waals surface area (Å²) in [5, 5.41) is 2.80. The Morgan fingerprint density at radius 1 is 1.28 bits per heavy atom. The van der Waals surface area contributed by atoms with Crippen molar-refractivity contribution in [2.45, 2.75) is 34.1 Å². The number of carbonyl (C=O) groups is 2. The minimum atomic E-state index is -0.0694. The molecule has 0 aliphatic heterocycles. The fourth-order valence-corrected chi connectivity index (χ4v) is 1.67. The van der Waals surface area contributed by atoms with E-state index in [9.17, 15) is 9.59 Å². The Morgan fingerprint density at radius 2 is 1.89 bits per heavy atom. The van der Waals surface area contributed by atoms with Crippen molar-refractivity contribution >= 4 is 17.4 Å². The Kier molecular flexibility index (Phi) is 4.70. The summed E-state index contributed by atoms with van der Waals surface area (Å²) in [7, 11) is 1.82. The number of nitrogens with zero attached hydrogens (tertiary/aromatic N) is 1. The first-order valence-corrected chi connectivity index (χ1v) is 6.31. The molecule has 0 aliphatic carbocycles. The molecule has 0 fully saturated rings. The second kappa shape index (κ2) is 5.85. The zero-order valence-electron chi connectivity index (χ0n) is 11.8. The van der Waals surface area contributed by atoms with Crippen molar-refractivity contribution < 1.29 is 9.59 Å². The van der Waals surface area contributed by atoms with Crippen LogP contribution in [0.3, 0.4) is 0 Å². The van der Waals surface area contributed by atoms with Crippen LogP contribution in [0.2, 0.25) is 0 Å². The monoisotopic (exact) mass is 250 g/mol. The number of amides is 1. The third-order valence-corrected chi connectivity index (χ3v) is 2.68. The summed E-state index contributed by atoms with van der Waals surface area (Å²) in [5.74, 6) is 0.335. The van der Waals surface area contributed by atoms with Crippen molar-refractivity contribution in [1.29, 1.82) is 0 Å². The van der Waals surface area contributed by atoms with Gasteiger partial charge in [-0.1, -0.05) is 27.7 Å². The van der Waals surface area contributed by atoms with Gasteiger partial charge in [0.05, 0.1) is 11.4 Å². The highest BCUT2D eigenvalue weighted by Crippen LogP contribution is 2.17. The first-order valence-electron chi connectivity index (χ1n) is 6.31. The van der Waals surface area contributed by atoms with Gasteiger partial charge in [0, 0.05) is 25.6 Å². The van der Waals surface area contributed by atoms with Gasteiger partial charge in [-0.15, -0.1) is 0 Å². The van der Waals surface area contributed by atoms with Gasteiger partial charge in [0.2, 0.25) is 5.91 Å². The van der Waals surface area contributed by atoms with Crippen LogP contribution in [0.15, 0.2) is 12.3 Å². The lowest BCUT2D eigenvalue weighted by molar-refractivity contribution is -0.118. The minimum absolute atomic E-state index is 0.0385. The largest absolute Gasteiger partial charge is 0.346 e. The summed E-state index contributed by atoms with van der Waals surface area (Å²) in [5.41, 5.74) is 1.33. The normalized spacial score (nSPS) is 11.1. The predicted molar refractivity (Wildman–Crippen MR) is 72.7 cm³/mol. The zero-order chi connectivity index (χ0) is 13.9. The van der Waals surface area contributed by atoms with Crippen LogP contribution in [0.5, 0.6) is 0 Å². The van der Waals surface area contributed by atoms with Crippen LogP contribution in [0.4, 0.5) is 5.69 Å². The van der Waals surface area contributed by atoms with E-state index in [2.05, 4.69) is 5.32 Å². The maximum Gasteiger partial charge on any atom is 0.226 e. The molecule has 0 bridgehead atoms. The molecule has 1 heterocycles. The molecule has 1 aromatic heterocycles. The van der Waals surface area contributed by atoms with Crippen LogP contribution in [0.25, 0.3) is 0 Å². The molecule has 0 atom stereocenters. The van der Waals surface area contributed by atoms with E-state index >= 15 is 0 Å². The molecule has 0 saturated heterocycles. The maximum absolute atomic E-state index is 12.0. The number of hydrogen-bond acceptors (Lipinski definition) is 2. The van der Waals surface area contributed by atoms with Crippen LogP contribution in [0.1, 0.15) is 44.6 Å². The Hall–Kier alpha value is -1.58. The third-order valence-electron chi connectivity index (χ3n) is 2.68. The van der Waals surface area contributed by atoms with Crippen LogP contribution in [-0.4, -0.2) is 16.3 Å². The fraction of sp³-hybridized carbons (Fsp3) is 0.571. The molecule has 0 spiro atoms. The molecule has 1 aromatic rings. The van der Waals surface area contributed by atoms with Gasteiger partial charge in [-0.2, -0.15) is 0 Å². The Balaban J connectivity index is 2.82. The summed E-state index contributed by atoms with van der Waals surface area (Å²) in [6.07, 6.45) is 2.29. The van der Waals surface area contributed by atoms with Gasteiger partial charge in [-0.25, -0.2) is 0 Å². The SMILES string of the molecule is CC(C)CC(=O)c1cc(NC(=O)C(C)C)cn1C. The molecule has 1 N–H and O–H groups in total.